The minimum absolute atomic E-state index is 0.372. The van der Waals surface area contributed by atoms with Crippen LogP contribution in [0.15, 0.2) is 18.3 Å². The summed E-state index contributed by atoms with van der Waals surface area (Å²) in [5.41, 5.74) is 5.58. The van der Waals surface area contributed by atoms with Crippen LogP contribution in [0.4, 0.5) is 5.82 Å². The number of rotatable bonds is 6. The molecule has 17 heavy (non-hydrogen) atoms. The Hall–Kier alpha value is -1.58. The lowest BCUT2D eigenvalue weighted by Crippen LogP contribution is -2.19. The summed E-state index contributed by atoms with van der Waals surface area (Å²) in [5.74, 6) is 1.03. The second-order valence-corrected chi connectivity index (χ2v) is 4.59. The van der Waals surface area contributed by atoms with E-state index >= 15 is 0 Å². The van der Waals surface area contributed by atoms with Gasteiger partial charge in [-0.25, -0.2) is 4.98 Å². The van der Waals surface area contributed by atoms with Crippen LogP contribution in [0.1, 0.15) is 44.0 Å². The molecule has 0 saturated heterocycles. The molecule has 0 aliphatic carbocycles. The third kappa shape index (κ3) is 4.43. The predicted octanol–water partition coefficient (Wildman–Crippen LogP) is 2.42. The van der Waals surface area contributed by atoms with E-state index in [1.807, 2.05) is 0 Å². The van der Waals surface area contributed by atoms with Gasteiger partial charge in [-0.3, -0.25) is 4.79 Å². The van der Waals surface area contributed by atoms with Gasteiger partial charge in [-0.15, -0.1) is 0 Å². The molecule has 0 aliphatic heterocycles. The topological polar surface area (TPSA) is 68.0 Å². The van der Waals surface area contributed by atoms with Crippen molar-refractivity contribution >= 4 is 11.7 Å². The molecule has 1 amide bonds. The number of amides is 1. The third-order valence-corrected chi connectivity index (χ3v) is 2.90. The first-order valence-corrected chi connectivity index (χ1v) is 6.05. The fourth-order valence-electron chi connectivity index (χ4n) is 1.71. The van der Waals surface area contributed by atoms with E-state index in [0.717, 1.165) is 12.2 Å². The van der Waals surface area contributed by atoms with E-state index in [9.17, 15) is 4.79 Å². The lowest BCUT2D eigenvalue weighted by atomic mass is 10.0. The largest absolute Gasteiger partial charge is 0.368 e. The van der Waals surface area contributed by atoms with Crippen molar-refractivity contribution < 1.29 is 4.79 Å². The third-order valence-electron chi connectivity index (χ3n) is 2.90. The molecule has 4 nitrogen and oxygen atoms in total. The fourth-order valence-corrected chi connectivity index (χ4v) is 1.71. The van der Waals surface area contributed by atoms with E-state index in [1.165, 1.54) is 12.6 Å². The highest BCUT2D eigenvalue weighted by Gasteiger charge is 2.08. The molecule has 0 aliphatic rings. The number of carbonyl (C=O) groups is 1. The van der Waals surface area contributed by atoms with Crippen LogP contribution in [0, 0.1) is 5.92 Å². The number of aromatic nitrogens is 1. The molecule has 1 aromatic rings. The maximum absolute atomic E-state index is 10.9. The Morgan fingerprint density at radius 3 is 2.65 bits per heavy atom. The van der Waals surface area contributed by atoms with Crippen molar-refractivity contribution in [3.63, 3.8) is 0 Å². The first-order chi connectivity index (χ1) is 8.02. The van der Waals surface area contributed by atoms with Crippen LogP contribution in [0.3, 0.4) is 0 Å². The minimum Gasteiger partial charge on any atom is -0.368 e. The highest BCUT2D eigenvalue weighted by molar-refractivity contribution is 5.92. The quantitative estimate of drug-likeness (QED) is 0.795. The van der Waals surface area contributed by atoms with Crippen molar-refractivity contribution in [2.45, 2.75) is 39.7 Å². The van der Waals surface area contributed by atoms with Gasteiger partial charge in [-0.1, -0.05) is 20.3 Å². The average molecular weight is 235 g/mol. The number of nitrogens with two attached hydrogens (primary N) is 1. The zero-order chi connectivity index (χ0) is 12.8. The Morgan fingerprint density at radius 1 is 1.47 bits per heavy atom. The molecule has 1 aromatic heterocycles. The molecule has 0 bridgehead atoms. The van der Waals surface area contributed by atoms with Crippen LogP contribution in [0.25, 0.3) is 0 Å². The Labute approximate surface area is 103 Å². The summed E-state index contributed by atoms with van der Waals surface area (Å²) in [7, 11) is 0. The van der Waals surface area contributed by atoms with E-state index in [4.69, 9.17) is 5.73 Å². The van der Waals surface area contributed by atoms with Crippen LogP contribution in [0.2, 0.25) is 0 Å². The number of nitrogens with zero attached hydrogens (tertiary/aromatic N) is 1. The molecule has 1 heterocycles. The monoisotopic (exact) mass is 235 g/mol. The van der Waals surface area contributed by atoms with Gasteiger partial charge in [0.05, 0.1) is 5.56 Å². The maximum atomic E-state index is 10.9. The van der Waals surface area contributed by atoms with E-state index in [1.54, 1.807) is 12.1 Å². The lowest BCUT2D eigenvalue weighted by molar-refractivity contribution is 0.1000. The van der Waals surface area contributed by atoms with Gasteiger partial charge in [0, 0.05) is 12.2 Å². The first kappa shape index (κ1) is 13.5. The van der Waals surface area contributed by atoms with Gasteiger partial charge in [0.25, 0.3) is 0 Å². The number of pyridine rings is 1. The Morgan fingerprint density at radius 2 is 2.18 bits per heavy atom. The summed E-state index contributed by atoms with van der Waals surface area (Å²) in [4.78, 5) is 15.0. The van der Waals surface area contributed by atoms with Crippen molar-refractivity contribution in [3.8, 4) is 0 Å². The number of primary amides is 1. The average Bonchev–Trinajstić information content (AvgIpc) is 2.29. The summed E-state index contributed by atoms with van der Waals surface area (Å²) in [6.45, 7) is 6.56. The predicted molar refractivity (Wildman–Crippen MR) is 69.9 cm³/mol. The molecular weight excluding hydrogens is 214 g/mol. The van der Waals surface area contributed by atoms with E-state index < -0.39 is 5.91 Å². The van der Waals surface area contributed by atoms with Gasteiger partial charge in [0.1, 0.15) is 5.82 Å². The van der Waals surface area contributed by atoms with Gasteiger partial charge >= 0.3 is 0 Å². The second-order valence-electron chi connectivity index (χ2n) is 4.59. The number of nitrogens with one attached hydrogen (secondary N) is 1. The van der Waals surface area contributed by atoms with E-state index in [0.29, 0.717) is 17.5 Å². The molecule has 4 heteroatoms. The van der Waals surface area contributed by atoms with Crippen LogP contribution in [-0.2, 0) is 0 Å². The lowest BCUT2D eigenvalue weighted by Gasteiger charge is -2.18. The number of anilines is 1. The van der Waals surface area contributed by atoms with Crippen LogP contribution in [-0.4, -0.2) is 16.9 Å². The molecule has 0 saturated carbocycles. The van der Waals surface area contributed by atoms with Gasteiger partial charge in [-0.05, 0) is 31.4 Å². The van der Waals surface area contributed by atoms with Gasteiger partial charge in [0.2, 0.25) is 5.91 Å². The van der Waals surface area contributed by atoms with Crippen molar-refractivity contribution in [2.24, 2.45) is 11.7 Å². The van der Waals surface area contributed by atoms with E-state index in [2.05, 4.69) is 31.1 Å². The number of carbonyl (C=O) groups excluding carboxylic acids is 1. The molecule has 0 spiro atoms. The maximum Gasteiger partial charge on any atom is 0.250 e. The minimum atomic E-state index is -0.447. The Balaban J connectivity index is 2.54. The molecule has 94 valence electrons. The van der Waals surface area contributed by atoms with Crippen LogP contribution in [0.5, 0.6) is 0 Å². The highest BCUT2D eigenvalue weighted by atomic mass is 16.1. The highest BCUT2D eigenvalue weighted by Crippen LogP contribution is 2.13. The number of hydrogen-bond donors (Lipinski definition) is 2. The summed E-state index contributed by atoms with van der Waals surface area (Å²) >= 11 is 0. The molecule has 1 rings (SSSR count). The SMILES string of the molecule is CCC(C)CC(C)Nc1ccc(C(N)=O)cn1. The Bertz CT molecular complexity index is 361. The standard InChI is InChI=1S/C13H21N3O/c1-4-9(2)7-10(3)16-12-6-5-11(8-15-12)13(14)17/h5-6,8-10H,4,7H2,1-3H3,(H2,14,17)(H,15,16). The smallest absolute Gasteiger partial charge is 0.250 e. The molecule has 2 atom stereocenters. The van der Waals surface area contributed by atoms with Gasteiger partial charge < -0.3 is 11.1 Å². The normalized spacial score (nSPS) is 14.1. The molecule has 0 aromatic carbocycles. The Kier molecular flexibility index (Phi) is 4.94. The summed E-state index contributed by atoms with van der Waals surface area (Å²) < 4.78 is 0. The van der Waals surface area contributed by atoms with Gasteiger partial charge in [-0.2, -0.15) is 0 Å². The summed E-state index contributed by atoms with van der Waals surface area (Å²) in [6, 6.07) is 3.85. The van der Waals surface area contributed by atoms with Crippen LogP contribution < -0.4 is 11.1 Å². The fraction of sp³-hybridized carbons (Fsp3) is 0.538. The molecule has 0 radical (unpaired) electrons. The number of hydrogen-bond acceptors (Lipinski definition) is 3. The van der Waals surface area contributed by atoms with Crippen LogP contribution >= 0.6 is 0 Å². The zero-order valence-electron chi connectivity index (χ0n) is 10.7. The summed E-state index contributed by atoms with van der Waals surface area (Å²) in [6.07, 6.45) is 3.79. The van der Waals surface area contributed by atoms with Gasteiger partial charge in [0.15, 0.2) is 0 Å². The van der Waals surface area contributed by atoms with Crippen molar-refractivity contribution in [1.82, 2.24) is 4.98 Å². The molecular formula is C13H21N3O. The second kappa shape index (κ2) is 6.23. The summed E-state index contributed by atoms with van der Waals surface area (Å²) in [5, 5.41) is 3.31. The molecule has 2 unspecified atom stereocenters. The molecule has 3 N–H and O–H groups in total. The van der Waals surface area contributed by atoms with Crippen molar-refractivity contribution in [1.29, 1.82) is 0 Å². The first-order valence-electron chi connectivity index (χ1n) is 6.05. The van der Waals surface area contributed by atoms with Crippen molar-refractivity contribution in [2.75, 3.05) is 5.32 Å². The van der Waals surface area contributed by atoms with Crippen molar-refractivity contribution in [3.05, 3.63) is 23.9 Å². The molecule has 0 fully saturated rings. The van der Waals surface area contributed by atoms with E-state index in [-0.39, 0.29) is 0 Å². The zero-order valence-corrected chi connectivity index (χ0v) is 10.7.